The highest BCUT2D eigenvalue weighted by Gasteiger charge is 2.68. The summed E-state index contributed by atoms with van der Waals surface area (Å²) in [6.07, 6.45) is 1.27. The minimum atomic E-state index is -10.0. The Bertz CT molecular complexity index is 1570. The number of pyridine rings is 1. The molecule has 0 aliphatic heterocycles. The van der Waals surface area contributed by atoms with Crippen LogP contribution in [-0.4, -0.2) is 0 Å². The Hall–Kier alpha value is -2.93. The van der Waals surface area contributed by atoms with Crippen molar-refractivity contribution in [2.24, 2.45) is 12.5 Å². The van der Waals surface area contributed by atoms with Crippen molar-refractivity contribution in [1.82, 2.24) is 0 Å². The van der Waals surface area contributed by atoms with Crippen LogP contribution in [0.4, 0.5) is 19.4 Å². The van der Waals surface area contributed by atoms with E-state index >= 15 is 0 Å². The third kappa shape index (κ3) is 6.13. The van der Waals surface area contributed by atoms with Crippen LogP contribution in [0.15, 0.2) is 71.8 Å². The van der Waals surface area contributed by atoms with Crippen molar-refractivity contribution in [3.05, 3.63) is 83.6 Å². The second-order valence-corrected chi connectivity index (χ2v) is 15.2. The molecule has 0 aliphatic rings. The van der Waals surface area contributed by atoms with Gasteiger partial charge in [-0.15, -0.1) is 0 Å². The number of hydrogen-bond donors (Lipinski definition) is 0. The molecule has 0 bridgehead atoms. The molecule has 0 aliphatic carbocycles. The van der Waals surface area contributed by atoms with Crippen LogP contribution in [0, 0.1) is 12.3 Å². The first-order valence-corrected chi connectivity index (χ1v) is 14.9. The van der Waals surface area contributed by atoms with Crippen molar-refractivity contribution >= 4 is 21.0 Å². The Morgan fingerprint density at radius 1 is 0.744 bits per heavy atom. The lowest BCUT2D eigenvalue weighted by Crippen LogP contribution is -2.33. The molecule has 3 aromatic carbocycles. The molecule has 1 heterocycles. The molecular formula is C32H37F5NS+. The summed E-state index contributed by atoms with van der Waals surface area (Å²) in [5, 5.41) is 2.04. The third-order valence-electron chi connectivity index (χ3n) is 7.05. The van der Waals surface area contributed by atoms with Crippen LogP contribution >= 0.6 is 10.2 Å². The van der Waals surface area contributed by atoms with Gasteiger partial charge in [0.15, 0.2) is 11.1 Å². The van der Waals surface area contributed by atoms with E-state index in [1.54, 1.807) is 12.1 Å². The zero-order chi connectivity index (χ0) is 29.2. The van der Waals surface area contributed by atoms with E-state index in [9.17, 15) is 19.4 Å². The summed E-state index contributed by atoms with van der Waals surface area (Å²) in [5.41, 5.74) is 3.29. The Kier molecular flexibility index (Phi) is 6.36. The van der Waals surface area contributed by atoms with Gasteiger partial charge in [0.2, 0.25) is 5.69 Å². The number of hydrogen-bond acceptors (Lipinski definition) is 0. The van der Waals surface area contributed by atoms with Gasteiger partial charge in [0.05, 0.1) is 0 Å². The molecule has 0 amide bonds. The third-order valence-corrected chi connectivity index (χ3v) is 8.21. The number of aryl methyl sites for hydroxylation is 2. The summed E-state index contributed by atoms with van der Waals surface area (Å²) in [6, 6.07) is 17.6. The highest BCUT2D eigenvalue weighted by molar-refractivity contribution is 8.45. The first-order valence-electron chi connectivity index (χ1n) is 13.0. The fourth-order valence-corrected chi connectivity index (χ4v) is 6.20. The first-order chi connectivity index (χ1) is 17.5. The molecule has 0 saturated heterocycles. The van der Waals surface area contributed by atoms with E-state index in [2.05, 4.69) is 41.5 Å². The van der Waals surface area contributed by atoms with E-state index in [-0.39, 0.29) is 16.4 Å². The molecule has 0 fully saturated rings. The van der Waals surface area contributed by atoms with Gasteiger partial charge in [-0.2, -0.15) is 4.57 Å². The number of aromatic nitrogens is 1. The fraction of sp³-hybridized carbons (Fsp3) is 0.344. The van der Waals surface area contributed by atoms with Crippen LogP contribution in [0.1, 0.15) is 58.2 Å². The van der Waals surface area contributed by atoms with Crippen molar-refractivity contribution in [3.8, 4) is 22.4 Å². The molecule has 0 spiro atoms. The van der Waals surface area contributed by atoms with Gasteiger partial charge in [-0.3, -0.25) is 0 Å². The zero-order valence-corrected chi connectivity index (χ0v) is 24.6. The number of fused-ring (bicyclic) bond motifs is 1. The highest BCUT2D eigenvalue weighted by atomic mass is 32.5. The maximum Gasteiger partial charge on any atom is 0.316 e. The molecule has 0 N–H and O–H groups in total. The van der Waals surface area contributed by atoms with Gasteiger partial charge in [0, 0.05) is 17.2 Å². The largest absolute Gasteiger partial charge is 0.316 e. The molecule has 0 atom stereocenters. The number of benzene rings is 3. The molecule has 4 rings (SSSR count). The van der Waals surface area contributed by atoms with E-state index in [0.29, 0.717) is 23.9 Å². The molecule has 210 valence electrons. The summed E-state index contributed by atoms with van der Waals surface area (Å²) in [7, 11) is -8.63. The van der Waals surface area contributed by atoms with E-state index in [1.807, 2.05) is 37.3 Å². The Morgan fingerprint density at radius 2 is 1.31 bits per heavy atom. The fourth-order valence-electron chi connectivity index (χ4n) is 5.25. The predicted molar refractivity (Wildman–Crippen MR) is 154 cm³/mol. The predicted octanol–water partition coefficient (Wildman–Crippen LogP) is 10.9. The lowest BCUT2D eigenvalue weighted by molar-refractivity contribution is -0.662. The lowest BCUT2D eigenvalue weighted by Gasteiger charge is -2.40. The molecule has 1 nitrogen and oxygen atoms in total. The quantitative estimate of drug-likeness (QED) is 0.172. The Labute approximate surface area is 228 Å². The van der Waals surface area contributed by atoms with E-state index in [4.69, 9.17) is 0 Å². The van der Waals surface area contributed by atoms with Crippen molar-refractivity contribution in [2.45, 2.75) is 65.2 Å². The van der Waals surface area contributed by atoms with Gasteiger partial charge in [-0.25, -0.2) is 0 Å². The average Bonchev–Trinajstić information content (AvgIpc) is 2.77. The van der Waals surface area contributed by atoms with Crippen molar-refractivity contribution in [1.29, 1.82) is 0 Å². The van der Waals surface area contributed by atoms with Crippen LogP contribution in [0.25, 0.3) is 33.2 Å². The van der Waals surface area contributed by atoms with Crippen LogP contribution in [0.2, 0.25) is 0 Å². The maximum atomic E-state index is 14.4. The maximum absolute atomic E-state index is 14.4. The molecule has 0 unspecified atom stereocenters. The van der Waals surface area contributed by atoms with E-state index < -0.39 is 20.7 Å². The summed E-state index contributed by atoms with van der Waals surface area (Å²) in [5.74, 6) is 0. The molecule has 7 heteroatoms. The molecular weight excluding hydrogens is 525 g/mol. The van der Waals surface area contributed by atoms with Crippen molar-refractivity contribution in [2.75, 3.05) is 0 Å². The van der Waals surface area contributed by atoms with Gasteiger partial charge < -0.3 is 0 Å². The number of nitrogens with zero attached hydrogens (tertiary/aromatic N) is 1. The molecule has 39 heavy (non-hydrogen) atoms. The topological polar surface area (TPSA) is 3.88 Å². The normalized spacial score (nSPS) is 14.8. The first kappa shape index (κ1) is 29.1. The van der Waals surface area contributed by atoms with Crippen molar-refractivity contribution < 1.29 is 24.0 Å². The second-order valence-electron chi connectivity index (χ2n) is 12.8. The minimum absolute atomic E-state index is 0.0252. The summed E-state index contributed by atoms with van der Waals surface area (Å²) < 4.78 is 73.2. The number of rotatable bonds is 4. The van der Waals surface area contributed by atoms with Crippen LogP contribution < -0.4 is 4.57 Å². The summed E-state index contributed by atoms with van der Waals surface area (Å²) >= 11 is 0. The summed E-state index contributed by atoms with van der Waals surface area (Å²) in [4.78, 5) is -1.88. The number of halogens is 5. The Morgan fingerprint density at radius 3 is 1.82 bits per heavy atom. The SMILES string of the molecule is Cc1c(-c2cc(-c3ccc(CC(C)(C)C)cc3)c(S(F)(F)(F)(F)F)c[n+]2C)cc(C(C)(C)C)c2ccccc12. The van der Waals surface area contributed by atoms with Crippen LogP contribution in [0.3, 0.4) is 0 Å². The highest BCUT2D eigenvalue weighted by Crippen LogP contribution is 3.02. The molecule has 0 saturated carbocycles. The van der Waals surface area contributed by atoms with Crippen LogP contribution in [0.5, 0.6) is 0 Å². The van der Waals surface area contributed by atoms with Crippen molar-refractivity contribution in [3.63, 3.8) is 0 Å². The van der Waals surface area contributed by atoms with Crippen LogP contribution in [-0.2, 0) is 18.9 Å². The molecule has 0 radical (unpaired) electrons. The van der Waals surface area contributed by atoms with E-state index in [0.717, 1.165) is 27.5 Å². The van der Waals surface area contributed by atoms with Gasteiger partial charge in [0.25, 0.3) is 0 Å². The molecule has 4 aromatic rings. The average molecular weight is 563 g/mol. The standard InChI is InChI=1S/C32H37F5NS/c1-21-24-11-9-10-12-25(24)28(32(5,6)7)17-26(21)29-18-27(30(20-38(29)8)39(33,34,35,36)37)23-15-13-22(14-16-23)19-31(2,3)4/h9-18,20H,19H2,1-8H3/q+1. The van der Waals surface area contributed by atoms with Gasteiger partial charge in [-0.05, 0) is 63.3 Å². The van der Waals surface area contributed by atoms with Gasteiger partial charge in [-0.1, -0.05) is 110 Å². The second kappa shape index (κ2) is 8.53. The Balaban J connectivity index is 2.04. The summed E-state index contributed by atoms with van der Waals surface area (Å²) in [6.45, 7) is 14.3. The van der Waals surface area contributed by atoms with E-state index in [1.165, 1.54) is 29.8 Å². The smallest absolute Gasteiger partial charge is 0.200 e. The van der Waals surface area contributed by atoms with Gasteiger partial charge in [0.1, 0.15) is 7.05 Å². The van der Waals surface area contributed by atoms with Gasteiger partial charge >= 0.3 is 10.2 Å². The monoisotopic (exact) mass is 562 g/mol. The lowest BCUT2D eigenvalue weighted by atomic mass is 9.80. The zero-order valence-electron chi connectivity index (χ0n) is 23.8. The minimum Gasteiger partial charge on any atom is -0.200 e. The molecule has 1 aromatic heterocycles.